The smallest absolute Gasteiger partial charge is 0.335 e. The molecule has 0 aliphatic heterocycles. The van der Waals surface area contributed by atoms with Gasteiger partial charge in [0.25, 0.3) is 0 Å². The van der Waals surface area contributed by atoms with Gasteiger partial charge in [-0.25, -0.2) is 19.2 Å². The molecule has 0 atom stereocenters. The Labute approximate surface area is 136 Å². The summed E-state index contributed by atoms with van der Waals surface area (Å²) >= 11 is 0. The Morgan fingerprint density at radius 1 is 0.708 bits per heavy atom. The van der Waals surface area contributed by atoms with E-state index in [-0.39, 0.29) is 5.57 Å². The zero-order valence-electron chi connectivity index (χ0n) is 12.2. The molecule has 0 unspecified atom stereocenters. The molecule has 4 N–H and O–H groups in total. The molecular formula is C16H14O8. The third-order valence-electron chi connectivity index (χ3n) is 2.15. The third-order valence-corrected chi connectivity index (χ3v) is 2.15. The maximum absolute atomic E-state index is 10.7. The number of rotatable bonds is 6. The molecule has 1 aromatic carbocycles. The van der Waals surface area contributed by atoms with Crippen molar-refractivity contribution in [1.82, 2.24) is 0 Å². The first-order valence-electron chi connectivity index (χ1n) is 6.27. The van der Waals surface area contributed by atoms with Crippen molar-refractivity contribution in [2.24, 2.45) is 0 Å². The number of hydrogen-bond donors (Lipinski definition) is 4. The highest BCUT2D eigenvalue weighted by atomic mass is 16.4. The second-order valence-electron chi connectivity index (χ2n) is 4.00. The van der Waals surface area contributed by atoms with E-state index in [2.05, 4.69) is 0 Å². The SMILES string of the molecule is O=C(O)C=C(C=Cc1ccccc1)C(=O)O.O=C(O)C=CC(=O)O. The van der Waals surface area contributed by atoms with Gasteiger partial charge < -0.3 is 20.4 Å². The van der Waals surface area contributed by atoms with Crippen LogP contribution < -0.4 is 0 Å². The highest BCUT2D eigenvalue weighted by Crippen LogP contribution is 2.05. The van der Waals surface area contributed by atoms with Gasteiger partial charge in [-0.3, -0.25) is 0 Å². The van der Waals surface area contributed by atoms with Gasteiger partial charge in [0.1, 0.15) is 0 Å². The summed E-state index contributed by atoms with van der Waals surface area (Å²) in [5.41, 5.74) is 0.538. The molecule has 0 aromatic heterocycles. The quantitative estimate of drug-likeness (QED) is 0.451. The first-order chi connectivity index (χ1) is 11.2. The fourth-order valence-corrected chi connectivity index (χ4v) is 1.21. The van der Waals surface area contributed by atoms with Crippen LogP contribution in [0.2, 0.25) is 0 Å². The number of carboxylic acids is 4. The van der Waals surface area contributed by atoms with Crippen molar-refractivity contribution in [1.29, 1.82) is 0 Å². The Bertz CT molecular complexity index is 667. The lowest BCUT2D eigenvalue weighted by molar-refractivity contribution is -0.134. The van der Waals surface area contributed by atoms with Gasteiger partial charge in [-0.05, 0) is 11.6 Å². The normalized spacial score (nSPS) is 10.9. The Balaban J connectivity index is 0.000000561. The second-order valence-corrected chi connectivity index (χ2v) is 4.00. The van der Waals surface area contributed by atoms with Gasteiger partial charge in [0.15, 0.2) is 0 Å². The third kappa shape index (κ3) is 11.0. The molecule has 8 heteroatoms. The lowest BCUT2D eigenvalue weighted by Crippen LogP contribution is -2.01. The van der Waals surface area contributed by atoms with Crippen molar-refractivity contribution in [3.05, 3.63) is 65.8 Å². The first-order valence-corrected chi connectivity index (χ1v) is 6.27. The Kier molecular flexibility index (Phi) is 9.28. The van der Waals surface area contributed by atoms with Crippen molar-refractivity contribution in [2.45, 2.75) is 0 Å². The fraction of sp³-hybridized carbons (Fsp3) is 0. The van der Waals surface area contributed by atoms with E-state index < -0.39 is 23.9 Å². The summed E-state index contributed by atoms with van der Waals surface area (Å²) in [6.07, 6.45) is 4.57. The number of carboxylic acid groups (broad SMARTS) is 4. The second kappa shape index (κ2) is 11.0. The maximum Gasteiger partial charge on any atom is 0.335 e. The van der Waals surface area contributed by atoms with Gasteiger partial charge in [0, 0.05) is 18.2 Å². The molecule has 0 fully saturated rings. The van der Waals surface area contributed by atoms with Crippen LogP contribution in [0.15, 0.2) is 60.2 Å². The van der Waals surface area contributed by atoms with Crippen molar-refractivity contribution in [3.63, 3.8) is 0 Å². The molecule has 0 saturated carbocycles. The fourth-order valence-electron chi connectivity index (χ4n) is 1.21. The molecule has 1 aromatic rings. The lowest BCUT2D eigenvalue weighted by Gasteiger charge is -1.94. The summed E-state index contributed by atoms with van der Waals surface area (Å²) in [4.78, 5) is 40.1. The van der Waals surface area contributed by atoms with Crippen LogP contribution >= 0.6 is 0 Å². The largest absolute Gasteiger partial charge is 0.478 e. The van der Waals surface area contributed by atoms with Gasteiger partial charge in [-0.1, -0.05) is 36.4 Å². The van der Waals surface area contributed by atoms with E-state index >= 15 is 0 Å². The van der Waals surface area contributed by atoms with E-state index in [9.17, 15) is 19.2 Å². The Morgan fingerprint density at radius 2 is 1.21 bits per heavy atom. The summed E-state index contributed by atoms with van der Waals surface area (Å²) in [6, 6.07) is 9.03. The van der Waals surface area contributed by atoms with E-state index in [0.717, 1.165) is 5.56 Å². The standard InChI is InChI=1S/C12H10O4.C4H4O4/c13-11(14)8-10(12(15)16)7-6-9-4-2-1-3-5-9;5-3(6)1-2-4(7)8/h1-8H,(H,13,14)(H,15,16);1-2H,(H,5,6)(H,7,8). The Morgan fingerprint density at radius 3 is 1.58 bits per heavy atom. The van der Waals surface area contributed by atoms with Crippen LogP contribution in [0, 0.1) is 0 Å². The molecule has 0 spiro atoms. The van der Waals surface area contributed by atoms with Crippen LogP contribution in [0.3, 0.4) is 0 Å². The van der Waals surface area contributed by atoms with Crippen molar-refractivity contribution in [3.8, 4) is 0 Å². The molecule has 0 heterocycles. The molecule has 0 amide bonds. The molecule has 0 aliphatic rings. The average molecular weight is 334 g/mol. The number of hydrogen-bond acceptors (Lipinski definition) is 4. The summed E-state index contributed by atoms with van der Waals surface area (Å²) in [5, 5.41) is 32.8. The van der Waals surface area contributed by atoms with Crippen LogP contribution in [-0.4, -0.2) is 44.3 Å². The number of aliphatic carboxylic acids is 4. The maximum atomic E-state index is 10.7. The summed E-state index contributed by atoms with van der Waals surface area (Å²) in [5.74, 6) is -5.07. The highest BCUT2D eigenvalue weighted by Gasteiger charge is 2.04. The topological polar surface area (TPSA) is 149 Å². The molecule has 0 bridgehead atoms. The van der Waals surface area contributed by atoms with Crippen LogP contribution in [0.25, 0.3) is 6.08 Å². The monoisotopic (exact) mass is 334 g/mol. The summed E-state index contributed by atoms with van der Waals surface area (Å²) in [7, 11) is 0. The summed E-state index contributed by atoms with van der Waals surface area (Å²) < 4.78 is 0. The minimum absolute atomic E-state index is 0.267. The minimum Gasteiger partial charge on any atom is -0.478 e. The molecule has 24 heavy (non-hydrogen) atoms. The number of benzene rings is 1. The lowest BCUT2D eigenvalue weighted by atomic mass is 10.1. The van der Waals surface area contributed by atoms with E-state index in [0.29, 0.717) is 18.2 Å². The van der Waals surface area contributed by atoms with Crippen LogP contribution in [0.4, 0.5) is 0 Å². The molecule has 1 rings (SSSR count). The van der Waals surface area contributed by atoms with Gasteiger partial charge in [0.05, 0.1) is 5.57 Å². The summed E-state index contributed by atoms with van der Waals surface area (Å²) in [6.45, 7) is 0. The highest BCUT2D eigenvalue weighted by molar-refractivity contribution is 5.98. The Hall–Kier alpha value is -3.68. The molecule has 0 aliphatic carbocycles. The van der Waals surface area contributed by atoms with E-state index in [4.69, 9.17) is 20.4 Å². The van der Waals surface area contributed by atoms with E-state index in [1.807, 2.05) is 6.07 Å². The molecule has 0 radical (unpaired) electrons. The van der Waals surface area contributed by atoms with Crippen molar-refractivity contribution >= 4 is 30.0 Å². The first kappa shape index (κ1) is 20.3. The van der Waals surface area contributed by atoms with E-state index in [1.54, 1.807) is 30.3 Å². The molecule has 0 saturated heterocycles. The van der Waals surface area contributed by atoms with Gasteiger partial charge in [-0.15, -0.1) is 0 Å². The molecule has 8 nitrogen and oxygen atoms in total. The molecule has 126 valence electrons. The van der Waals surface area contributed by atoms with Gasteiger partial charge in [0.2, 0.25) is 0 Å². The zero-order chi connectivity index (χ0) is 18.5. The predicted octanol–water partition coefficient (Wildman–Crippen LogP) is 1.51. The van der Waals surface area contributed by atoms with E-state index in [1.165, 1.54) is 6.08 Å². The molecular weight excluding hydrogens is 320 g/mol. The van der Waals surface area contributed by atoms with Crippen LogP contribution in [0.1, 0.15) is 5.56 Å². The van der Waals surface area contributed by atoms with Crippen LogP contribution in [0.5, 0.6) is 0 Å². The van der Waals surface area contributed by atoms with Crippen molar-refractivity contribution < 1.29 is 39.6 Å². The zero-order valence-corrected chi connectivity index (χ0v) is 12.2. The average Bonchev–Trinajstić information content (AvgIpc) is 2.50. The number of carbonyl (C=O) groups is 4. The minimum atomic E-state index is -1.28. The predicted molar refractivity (Wildman–Crippen MR) is 83.2 cm³/mol. The van der Waals surface area contributed by atoms with Crippen molar-refractivity contribution in [2.75, 3.05) is 0 Å². The van der Waals surface area contributed by atoms with Gasteiger partial charge >= 0.3 is 23.9 Å². The van der Waals surface area contributed by atoms with Gasteiger partial charge in [-0.2, -0.15) is 0 Å². The van der Waals surface area contributed by atoms with Crippen LogP contribution in [-0.2, 0) is 19.2 Å².